The first-order valence-electron chi connectivity index (χ1n) is 12.9. The minimum atomic E-state index is -1.05. The molecule has 2 amide bonds. The number of ether oxygens (including phenoxy) is 3. The van der Waals surface area contributed by atoms with Crippen molar-refractivity contribution >= 4 is 22.8 Å². The quantitative estimate of drug-likeness (QED) is 0.319. The lowest BCUT2D eigenvalue weighted by molar-refractivity contribution is -0.142. The summed E-state index contributed by atoms with van der Waals surface area (Å²) in [6.45, 7) is 5.69. The second kappa shape index (κ2) is 12.1. The molecule has 1 heterocycles. The molecule has 0 radical (unpaired) electrons. The van der Waals surface area contributed by atoms with Crippen LogP contribution in [-0.2, 0) is 22.7 Å². The number of para-hydroxylation sites is 2. The third-order valence-electron chi connectivity index (χ3n) is 6.32. The minimum Gasteiger partial charge on any atom is -0.497 e. The molecular formula is C30H35N5O5. The molecule has 0 fully saturated rings. The summed E-state index contributed by atoms with van der Waals surface area (Å²) in [6, 6.07) is 19.0. The number of rotatable bonds is 10. The first-order chi connectivity index (χ1) is 19.1. The number of nitrogens with one attached hydrogen (secondary N) is 1. The number of carbonyl (C=O) groups is 2. The molecular weight excluding hydrogens is 510 g/mol. The highest BCUT2D eigenvalue weighted by molar-refractivity contribution is 5.90. The van der Waals surface area contributed by atoms with E-state index >= 15 is 0 Å². The van der Waals surface area contributed by atoms with Gasteiger partial charge in [-0.25, -0.2) is 4.68 Å². The number of hydrogen-bond acceptors (Lipinski definition) is 7. The highest BCUT2D eigenvalue weighted by Gasteiger charge is 2.36. The Morgan fingerprint density at radius 2 is 1.65 bits per heavy atom. The number of fused-ring (bicyclic) bond motifs is 1. The Labute approximate surface area is 233 Å². The summed E-state index contributed by atoms with van der Waals surface area (Å²) in [7, 11) is 4.63. The Morgan fingerprint density at radius 1 is 0.925 bits per heavy atom. The van der Waals surface area contributed by atoms with E-state index in [0.29, 0.717) is 28.3 Å². The highest BCUT2D eigenvalue weighted by Crippen LogP contribution is 2.38. The Hall–Kier alpha value is -4.60. The van der Waals surface area contributed by atoms with Crippen molar-refractivity contribution in [2.75, 3.05) is 21.3 Å². The van der Waals surface area contributed by atoms with Gasteiger partial charge in [-0.1, -0.05) is 41.6 Å². The molecule has 210 valence electrons. The summed E-state index contributed by atoms with van der Waals surface area (Å²) < 4.78 is 18.1. The first-order valence-corrected chi connectivity index (χ1v) is 12.9. The minimum absolute atomic E-state index is 0.123. The van der Waals surface area contributed by atoms with E-state index in [1.54, 1.807) is 30.0 Å². The number of hydrogen-bond donors (Lipinski definition) is 1. The fourth-order valence-electron chi connectivity index (χ4n) is 4.52. The number of carbonyl (C=O) groups excluding carboxylic acids is 2. The first kappa shape index (κ1) is 28.4. The number of benzene rings is 3. The van der Waals surface area contributed by atoms with Crippen LogP contribution < -0.4 is 19.5 Å². The molecule has 0 unspecified atom stereocenters. The van der Waals surface area contributed by atoms with Crippen molar-refractivity contribution in [3.8, 4) is 17.2 Å². The molecule has 0 aliphatic heterocycles. The van der Waals surface area contributed by atoms with Crippen molar-refractivity contribution in [1.82, 2.24) is 25.2 Å². The van der Waals surface area contributed by atoms with Crippen LogP contribution in [0.5, 0.6) is 17.2 Å². The molecule has 4 rings (SSSR count). The summed E-state index contributed by atoms with van der Waals surface area (Å²) in [5.74, 6) is 0.826. The standard InChI is InChI=1S/C30H35N5O5/c1-30(2,3)31-29(37)27(22-10-9-13-25(39-5)28(22)40-6)34(18-20-14-16-21(38-4)17-15-20)26(36)19-35-24-12-8-7-11-23(24)32-33-35/h7-17,27H,18-19H2,1-6H3,(H,31,37)/t27-/m0/s1. The number of aromatic nitrogens is 3. The van der Waals surface area contributed by atoms with E-state index in [1.807, 2.05) is 69.3 Å². The molecule has 1 N–H and O–H groups in total. The van der Waals surface area contributed by atoms with Crippen LogP contribution in [0.3, 0.4) is 0 Å². The SMILES string of the molecule is COc1ccc(CN(C(=O)Cn2nnc3ccccc32)[C@H](C(=O)NC(C)(C)C)c2cccc(OC)c2OC)cc1. The van der Waals surface area contributed by atoms with Crippen molar-refractivity contribution in [2.24, 2.45) is 0 Å². The van der Waals surface area contributed by atoms with Gasteiger partial charge < -0.3 is 24.4 Å². The molecule has 0 aliphatic carbocycles. The van der Waals surface area contributed by atoms with Crippen LogP contribution in [-0.4, -0.2) is 58.6 Å². The van der Waals surface area contributed by atoms with Gasteiger partial charge in [0.25, 0.3) is 0 Å². The van der Waals surface area contributed by atoms with Crippen molar-refractivity contribution in [3.63, 3.8) is 0 Å². The molecule has 0 saturated carbocycles. The zero-order valence-corrected chi connectivity index (χ0v) is 23.7. The van der Waals surface area contributed by atoms with E-state index in [4.69, 9.17) is 14.2 Å². The third-order valence-corrected chi connectivity index (χ3v) is 6.32. The van der Waals surface area contributed by atoms with Gasteiger partial charge in [0.05, 0.1) is 26.8 Å². The van der Waals surface area contributed by atoms with Gasteiger partial charge >= 0.3 is 0 Å². The van der Waals surface area contributed by atoms with Crippen LogP contribution in [0, 0.1) is 0 Å². The predicted octanol–water partition coefficient (Wildman–Crippen LogP) is 4.14. The summed E-state index contributed by atoms with van der Waals surface area (Å²) >= 11 is 0. The fourth-order valence-corrected chi connectivity index (χ4v) is 4.52. The van der Waals surface area contributed by atoms with Gasteiger partial charge in [0.2, 0.25) is 11.8 Å². The van der Waals surface area contributed by atoms with Gasteiger partial charge in [0, 0.05) is 17.6 Å². The maximum absolute atomic E-state index is 14.2. The number of amides is 2. The highest BCUT2D eigenvalue weighted by atomic mass is 16.5. The molecule has 10 nitrogen and oxygen atoms in total. The van der Waals surface area contributed by atoms with E-state index in [0.717, 1.165) is 11.1 Å². The van der Waals surface area contributed by atoms with E-state index in [2.05, 4.69) is 15.6 Å². The van der Waals surface area contributed by atoms with Crippen molar-refractivity contribution < 1.29 is 23.8 Å². The van der Waals surface area contributed by atoms with Gasteiger partial charge in [-0.2, -0.15) is 0 Å². The number of methoxy groups -OCH3 is 3. The second-order valence-corrected chi connectivity index (χ2v) is 10.3. The zero-order chi connectivity index (χ0) is 28.9. The lowest BCUT2D eigenvalue weighted by Crippen LogP contribution is -2.49. The van der Waals surface area contributed by atoms with Gasteiger partial charge in [0.1, 0.15) is 23.9 Å². The maximum Gasteiger partial charge on any atom is 0.248 e. The number of nitrogens with zero attached hydrogens (tertiary/aromatic N) is 4. The summed E-state index contributed by atoms with van der Waals surface area (Å²) in [4.78, 5) is 29.7. The van der Waals surface area contributed by atoms with Crippen LogP contribution in [0.25, 0.3) is 11.0 Å². The molecule has 40 heavy (non-hydrogen) atoms. The lowest BCUT2D eigenvalue weighted by atomic mass is 9.99. The van der Waals surface area contributed by atoms with Crippen LogP contribution in [0.2, 0.25) is 0 Å². The molecule has 4 aromatic rings. The van der Waals surface area contributed by atoms with Gasteiger partial charge in [-0.05, 0) is 56.7 Å². The van der Waals surface area contributed by atoms with E-state index in [-0.39, 0.29) is 24.9 Å². The van der Waals surface area contributed by atoms with Crippen LogP contribution in [0.15, 0.2) is 66.7 Å². The van der Waals surface area contributed by atoms with Gasteiger partial charge in [-0.3, -0.25) is 9.59 Å². The Balaban J connectivity index is 1.84. The lowest BCUT2D eigenvalue weighted by Gasteiger charge is -2.34. The smallest absolute Gasteiger partial charge is 0.248 e. The molecule has 10 heteroatoms. The fraction of sp³-hybridized carbons (Fsp3) is 0.333. The topological polar surface area (TPSA) is 108 Å². The molecule has 0 spiro atoms. The Bertz CT molecular complexity index is 1480. The zero-order valence-electron chi connectivity index (χ0n) is 23.7. The second-order valence-electron chi connectivity index (χ2n) is 10.3. The van der Waals surface area contributed by atoms with E-state index < -0.39 is 11.6 Å². The van der Waals surface area contributed by atoms with E-state index in [1.165, 1.54) is 19.1 Å². The average Bonchev–Trinajstić information content (AvgIpc) is 3.34. The third kappa shape index (κ3) is 6.33. The summed E-state index contributed by atoms with van der Waals surface area (Å²) in [5.41, 5.74) is 2.14. The van der Waals surface area contributed by atoms with Crippen molar-refractivity contribution in [2.45, 2.75) is 45.4 Å². The van der Waals surface area contributed by atoms with Crippen LogP contribution in [0.4, 0.5) is 0 Å². The predicted molar refractivity (Wildman–Crippen MR) is 151 cm³/mol. The molecule has 0 saturated heterocycles. The Kier molecular flexibility index (Phi) is 8.57. The monoisotopic (exact) mass is 545 g/mol. The maximum atomic E-state index is 14.2. The largest absolute Gasteiger partial charge is 0.497 e. The molecule has 1 aromatic heterocycles. The normalized spacial score (nSPS) is 12.1. The van der Waals surface area contributed by atoms with Gasteiger partial charge in [-0.15, -0.1) is 5.10 Å². The van der Waals surface area contributed by atoms with E-state index in [9.17, 15) is 9.59 Å². The molecule has 3 aromatic carbocycles. The molecule has 1 atom stereocenters. The molecule has 0 bridgehead atoms. The van der Waals surface area contributed by atoms with Gasteiger partial charge in [0.15, 0.2) is 11.5 Å². The van der Waals surface area contributed by atoms with Crippen molar-refractivity contribution in [1.29, 1.82) is 0 Å². The van der Waals surface area contributed by atoms with Crippen LogP contribution in [0.1, 0.15) is 37.9 Å². The average molecular weight is 546 g/mol. The summed E-state index contributed by atoms with van der Waals surface area (Å²) in [6.07, 6.45) is 0. The van der Waals surface area contributed by atoms with Crippen molar-refractivity contribution in [3.05, 3.63) is 77.9 Å². The molecule has 0 aliphatic rings. The summed E-state index contributed by atoms with van der Waals surface area (Å²) in [5, 5.41) is 11.4. The Morgan fingerprint density at radius 3 is 2.30 bits per heavy atom. The van der Waals surface area contributed by atoms with Crippen LogP contribution >= 0.6 is 0 Å².